The van der Waals surface area contributed by atoms with Crippen LogP contribution >= 0.6 is 12.4 Å². The summed E-state index contributed by atoms with van der Waals surface area (Å²) in [6, 6.07) is 5.48. The Morgan fingerprint density at radius 3 is 2.85 bits per heavy atom. The first-order chi connectivity index (χ1) is 12.7. The molecule has 2 unspecified atom stereocenters. The van der Waals surface area contributed by atoms with Gasteiger partial charge in [0, 0.05) is 31.3 Å². The van der Waals surface area contributed by atoms with E-state index < -0.39 is 0 Å². The molecule has 0 aromatic heterocycles. The molecule has 2 N–H and O–H groups in total. The van der Waals surface area contributed by atoms with E-state index in [0.717, 1.165) is 25.2 Å². The van der Waals surface area contributed by atoms with Crippen molar-refractivity contribution in [3.8, 4) is 11.5 Å². The highest BCUT2D eigenvalue weighted by Crippen LogP contribution is 2.35. The van der Waals surface area contributed by atoms with Gasteiger partial charge in [-0.15, -0.1) is 12.4 Å². The minimum Gasteiger partial charge on any atom is -0.486 e. The molecule has 0 spiro atoms. The summed E-state index contributed by atoms with van der Waals surface area (Å²) in [5, 5.41) is 6.34. The van der Waals surface area contributed by atoms with Gasteiger partial charge in [-0.1, -0.05) is 0 Å². The predicted octanol–water partition coefficient (Wildman–Crippen LogP) is 1.35. The number of ether oxygens (including phenoxy) is 2. The van der Waals surface area contributed by atoms with Gasteiger partial charge < -0.3 is 25.0 Å². The van der Waals surface area contributed by atoms with Gasteiger partial charge in [-0.25, -0.2) is 0 Å². The van der Waals surface area contributed by atoms with Crippen LogP contribution in [-0.4, -0.2) is 51.2 Å². The molecule has 3 aliphatic rings. The summed E-state index contributed by atoms with van der Waals surface area (Å²) >= 11 is 0. The SMILES string of the molecule is Cl.O=C(NCCC1CCNC1)C1CC(=O)N(c2ccc3c(c2)OCCO3)C1. The third-order valence-electron chi connectivity index (χ3n) is 5.35. The first-order valence-corrected chi connectivity index (χ1v) is 9.39. The normalized spacial score (nSPS) is 23.9. The molecule has 0 saturated carbocycles. The van der Waals surface area contributed by atoms with Crippen LogP contribution in [-0.2, 0) is 9.59 Å². The zero-order valence-electron chi connectivity index (χ0n) is 15.2. The molecule has 0 bridgehead atoms. The molecule has 0 radical (unpaired) electrons. The van der Waals surface area contributed by atoms with Crippen molar-refractivity contribution >= 4 is 29.9 Å². The van der Waals surface area contributed by atoms with Crippen molar-refractivity contribution < 1.29 is 19.1 Å². The van der Waals surface area contributed by atoms with Gasteiger partial charge in [-0.2, -0.15) is 0 Å². The summed E-state index contributed by atoms with van der Waals surface area (Å²) in [4.78, 5) is 26.5. The highest BCUT2D eigenvalue weighted by Gasteiger charge is 2.35. The molecule has 7 nitrogen and oxygen atoms in total. The molecule has 2 amide bonds. The van der Waals surface area contributed by atoms with E-state index in [-0.39, 0.29) is 36.6 Å². The van der Waals surface area contributed by atoms with Crippen LogP contribution in [0.3, 0.4) is 0 Å². The van der Waals surface area contributed by atoms with Crippen LogP contribution in [0.2, 0.25) is 0 Å². The van der Waals surface area contributed by atoms with E-state index in [9.17, 15) is 9.59 Å². The number of anilines is 1. The first kappa shape index (κ1) is 19.8. The maximum atomic E-state index is 12.4. The molecule has 3 aliphatic heterocycles. The van der Waals surface area contributed by atoms with Crippen molar-refractivity contribution in [2.75, 3.05) is 44.3 Å². The van der Waals surface area contributed by atoms with Gasteiger partial charge in [-0.3, -0.25) is 9.59 Å². The van der Waals surface area contributed by atoms with Gasteiger partial charge in [0.15, 0.2) is 11.5 Å². The third kappa shape index (κ3) is 4.47. The number of fused-ring (bicyclic) bond motifs is 1. The highest BCUT2D eigenvalue weighted by atomic mass is 35.5. The number of amides is 2. The summed E-state index contributed by atoms with van der Waals surface area (Å²) in [5.41, 5.74) is 0.756. The molecule has 2 fully saturated rings. The van der Waals surface area contributed by atoms with Gasteiger partial charge in [0.2, 0.25) is 11.8 Å². The van der Waals surface area contributed by atoms with Gasteiger partial charge in [-0.05, 0) is 44.0 Å². The van der Waals surface area contributed by atoms with Crippen LogP contribution in [0.4, 0.5) is 5.69 Å². The Kier molecular flexibility index (Phi) is 6.44. The van der Waals surface area contributed by atoms with Crippen molar-refractivity contribution in [3.63, 3.8) is 0 Å². The van der Waals surface area contributed by atoms with Crippen molar-refractivity contribution in [2.24, 2.45) is 11.8 Å². The Morgan fingerprint density at radius 1 is 1.26 bits per heavy atom. The topological polar surface area (TPSA) is 79.9 Å². The van der Waals surface area contributed by atoms with E-state index in [1.165, 1.54) is 6.42 Å². The quantitative estimate of drug-likeness (QED) is 0.786. The number of benzene rings is 1. The molecule has 2 saturated heterocycles. The van der Waals surface area contributed by atoms with Crippen LogP contribution in [0.5, 0.6) is 11.5 Å². The summed E-state index contributed by atoms with van der Waals surface area (Å²) in [6.07, 6.45) is 2.42. The van der Waals surface area contributed by atoms with Gasteiger partial charge in [0.1, 0.15) is 13.2 Å². The molecule has 0 aliphatic carbocycles. The maximum Gasteiger partial charge on any atom is 0.227 e. The van der Waals surface area contributed by atoms with Crippen LogP contribution in [0.15, 0.2) is 18.2 Å². The van der Waals surface area contributed by atoms with Gasteiger partial charge >= 0.3 is 0 Å². The second-order valence-corrected chi connectivity index (χ2v) is 7.17. The van der Waals surface area contributed by atoms with Gasteiger partial charge in [0.25, 0.3) is 0 Å². The van der Waals surface area contributed by atoms with Crippen LogP contribution in [0.1, 0.15) is 19.3 Å². The van der Waals surface area contributed by atoms with E-state index >= 15 is 0 Å². The standard InChI is InChI=1S/C19H25N3O4.ClH/c23-18-9-14(19(24)21-6-4-13-3-5-20-11-13)12-22(18)15-1-2-16-17(10-15)26-8-7-25-16;/h1-2,10,13-14,20H,3-9,11-12H2,(H,21,24);1H. The second kappa shape index (κ2) is 8.80. The second-order valence-electron chi connectivity index (χ2n) is 7.17. The number of rotatable bonds is 5. The van der Waals surface area contributed by atoms with Gasteiger partial charge in [0.05, 0.1) is 5.92 Å². The molecular weight excluding hydrogens is 370 g/mol. The highest BCUT2D eigenvalue weighted by molar-refractivity contribution is 6.00. The Labute approximate surface area is 165 Å². The fourth-order valence-corrected chi connectivity index (χ4v) is 3.84. The average molecular weight is 396 g/mol. The fourth-order valence-electron chi connectivity index (χ4n) is 3.84. The van der Waals surface area contributed by atoms with E-state index in [1.54, 1.807) is 4.90 Å². The third-order valence-corrected chi connectivity index (χ3v) is 5.35. The summed E-state index contributed by atoms with van der Waals surface area (Å²) in [7, 11) is 0. The van der Waals surface area contributed by atoms with Crippen LogP contribution in [0.25, 0.3) is 0 Å². The van der Waals surface area contributed by atoms with Crippen molar-refractivity contribution in [1.29, 1.82) is 0 Å². The summed E-state index contributed by atoms with van der Waals surface area (Å²) in [6.45, 7) is 4.24. The zero-order chi connectivity index (χ0) is 17.9. The lowest BCUT2D eigenvalue weighted by atomic mass is 10.0. The summed E-state index contributed by atoms with van der Waals surface area (Å²) in [5.74, 6) is 1.65. The lowest BCUT2D eigenvalue weighted by molar-refractivity contribution is -0.126. The smallest absolute Gasteiger partial charge is 0.227 e. The predicted molar refractivity (Wildman–Crippen MR) is 104 cm³/mol. The molecular formula is C19H26ClN3O4. The van der Waals surface area contributed by atoms with Crippen molar-refractivity contribution in [2.45, 2.75) is 19.3 Å². The molecule has 27 heavy (non-hydrogen) atoms. The van der Waals surface area contributed by atoms with Crippen molar-refractivity contribution in [3.05, 3.63) is 18.2 Å². The molecule has 4 rings (SSSR count). The first-order valence-electron chi connectivity index (χ1n) is 9.39. The Bertz CT molecular complexity index is 694. The molecule has 148 valence electrons. The number of carbonyl (C=O) groups excluding carboxylic acids is 2. The lowest BCUT2D eigenvalue weighted by Crippen LogP contribution is -2.34. The lowest BCUT2D eigenvalue weighted by Gasteiger charge is -2.22. The monoisotopic (exact) mass is 395 g/mol. The largest absolute Gasteiger partial charge is 0.486 e. The molecule has 2 atom stereocenters. The van der Waals surface area contributed by atoms with Crippen LogP contribution < -0.4 is 25.0 Å². The molecule has 1 aromatic carbocycles. The van der Waals surface area contributed by atoms with E-state index in [1.807, 2.05) is 18.2 Å². The Hall–Kier alpha value is -1.99. The van der Waals surface area contributed by atoms with Crippen molar-refractivity contribution in [1.82, 2.24) is 10.6 Å². The fraction of sp³-hybridized carbons (Fsp3) is 0.579. The Morgan fingerprint density at radius 2 is 2.07 bits per heavy atom. The zero-order valence-corrected chi connectivity index (χ0v) is 16.1. The number of nitrogens with one attached hydrogen (secondary N) is 2. The molecule has 8 heteroatoms. The minimum atomic E-state index is -0.294. The van der Waals surface area contributed by atoms with E-state index in [0.29, 0.717) is 43.7 Å². The van der Waals surface area contributed by atoms with E-state index in [2.05, 4.69) is 10.6 Å². The van der Waals surface area contributed by atoms with Crippen LogP contribution in [0, 0.1) is 11.8 Å². The summed E-state index contributed by atoms with van der Waals surface area (Å²) < 4.78 is 11.1. The number of hydrogen-bond donors (Lipinski definition) is 2. The number of nitrogens with zero attached hydrogens (tertiary/aromatic N) is 1. The minimum absolute atomic E-state index is 0. The Balaban J connectivity index is 0.00000210. The number of carbonyl (C=O) groups is 2. The maximum absolute atomic E-state index is 12.4. The molecule has 1 aromatic rings. The van der Waals surface area contributed by atoms with E-state index in [4.69, 9.17) is 9.47 Å². The molecule has 3 heterocycles. The number of hydrogen-bond acceptors (Lipinski definition) is 5. The number of halogens is 1. The average Bonchev–Trinajstić information content (AvgIpc) is 3.31.